The van der Waals surface area contributed by atoms with Crippen molar-refractivity contribution in [1.82, 2.24) is 9.97 Å². The summed E-state index contributed by atoms with van der Waals surface area (Å²) < 4.78 is 0. The topological polar surface area (TPSA) is 107 Å². The Morgan fingerprint density at radius 1 is 1.26 bits per heavy atom. The number of anilines is 2. The van der Waals surface area contributed by atoms with E-state index in [1.54, 1.807) is 12.4 Å². The van der Waals surface area contributed by atoms with Crippen molar-refractivity contribution >= 4 is 17.3 Å². The molecule has 7 nitrogen and oxygen atoms in total. The van der Waals surface area contributed by atoms with Crippen LogP contribution in [0.25, 0.3) is 0 Å². The van der Waals surface area contributed by atoms with Crippen LogP contribution in [-0.4, -0.2) is 21.4 Å². The minimum Gasteiger partial charge on any atom is -0.384 e. The van der Waals surface area contributed by atoms with Gasteiger partial charge in [-0.15, -0.1) is 0 Å². The van der Waals surface area contributed by atoms with Gasteiger partial charge < -0.3 is 11.1 Å². The van der Waals surface area contributed by atoms with Crippen molar-refractivity contribution in [2.45, 2.75) is 6.42 Å². The summed E-state index contributed by atoms with van der Waals surface area (Å²) in [6.07, 6.45) is 4.13. The number of nitro groups is 1. The van der Waals surface area contributed by atoms with Crippen LogP contribution in [0.2, 0.25) is 0 Å². The van der Waals surface area contributed by atoms with Gasteiger partial charge in [0.05, 0.1) is 4.92 Å². The summed E-state index contributed by atoms with van der Waals surface area (Å²) in [5, 5.41) is 13.8. The first kappa shape index (κ1) is 12.7. The lowest BCUT2D eigenvalue weighted by molar-refractivity contribution is -0.384. The highest BCUT2D eigenvalue weighted by atomic mass is 16.6. The Morgan fingerprint density at radius 3 is 2.68 bits per heavy atom. The zero-order chi connectivity index (χ0) is 13.7. The van der Waals surface area contributed by atoms with E-state index < -0.39 is 4.92 Å². The SMILES string of the molecule is Nc1ccc([N+](=O)[O-])c(NCCc2ccncc2)n1. The molecule has 0 aliphatic rings. The van der Waals surface area contributed by atoms with E-state index in [9.17, 15) is 10.1 Å². The van der Waals surface area contributed by atoms with Crippen LogP contribution in [0.4, 0.5) is 17.3 Å². The molecule has 0 radical (unpaired) electrons. The number of nitrogens with one attached hydrogen (secondary N) is 1. The summed E-state index contributed by atoms with van der Waals surface area (Å²) in [7, 11) is 0. The third-order valence-corrected chi connectivity index (χ3v) is 2.55. The van der Waals surface area contributed by atoms with Gasteiger partial charge in [0.15, 0.2) is 0 Å². The van der Waals surface area contributed by atoms with E-state index in [0.717, 1.165) is 12.0 Å². The van der Waals surface area contributed by atoms with Gasteiger partial charge in [0.2, 0.25) is 5.82 Å². The lowest BCUT2D eigenvalue weighted by Crippen LogP contribution is -2.09. The lowest BCUT2D eigenvalue weighted by Gasteiger charge is -2.06. The maximum absolute atomic E-state index is 10.8. The van der Waals surface area contributed by atoms with Crippen molar-refractivity contribution in [2.75, 3.05) is 17.6 Å². The standard InChI is InChI=1S/C12H13N5O2/c13-11-2-1-10(17(18)19)12(16-11)15-8-5-9-3-6-14-7-4-9/h1-4,6-7H,5,8H2,(H3,13,15,16). The lowest BCUT2D eigenvalue weighted by atomic mass is 10.2. The molecule has 0 saturated carbocycles. The fourth-order valence-corrected chi connectivity index (χ4v) is 1.62. The summed E-state index contributed by atoms with van der Waals surface area (Å²) in [4.78, 5) is 18.2. The van der Waals surface area contributed by atoms with Gasteiger partial charge in [-0.1, -0.05) is 0 Å². The van der Waals surface area contributed by atoms with Gasteiger partial charge in [0, 0.05) is 25.0 Å². The number of rotatable bonds is 5. The third kappa shape index (κ3) is 3.38. The molecule has 0 atom stereocenters. The third-order valence-electron chi connectivity index (χ3n) is 2.55. The molecule has 0 spiro atoms. The van der Waals surface area contributed by atoms with Gasteiger partial charge in [-0.2, -0.15) is 0 Å². The van der Waals surface area contributed by atoms with Crippen molar-refractivity contribution in [3.63, 3.8) is 0 Å². The molecule has 0 fully saturated rings. The summed E-state index contributed by atoms with van der Waals surface area (Å²) in [5.41, 5.74) is 6.54. The molecule has 0 unspecified atom stereocenters. The predicted molar refractivity (Wildman–Crippen MR) is 71.7 cm³/mol. The normalized spacial score (nSPS) is 10.1. The first-order valence-corrected chi connectivity index (χ1v) is 5.70. The number of hydrogen-bond donors (Lipinski definition) is 2. The van der Waals surface area contributed by atoms with E-state index in [2.05, 4.69) is 15.3 Å². The summed E-state index contributed by atoms with van der Waals surface area (Å²) in [5.74, 6) is 0.441. The number of nitrogen functional groups attached to an aromatic ring is 1. The second kappa shape index (κ2) is 5.76. The Hall–Kier alpha value is -2.70. The molecular formula is C12H13N5O2. The highest BCUT2D eigenvalue weighted by molar-refractivity contribution is 5.59. The molecule has 0 aliphatic carbocycles. The Labute approximate surface area is 109 Å². The van der Waals surface area contributed by atoms with Gasteiger partial charge in [-0.3, -0.25) is 15.1 Å². The number of nitrogens with two attached hydrogens (primary N) is 1. The average molecular weight is 259 g/mol. The zero-order valence-corrected chi connectivity index (χ0v) is 10.1. The monoisotopic (exact) mass is 259 g/mol. The first-order chi connectivity index (χ1) is 9.16. The van der Waals surface area contributed by atoms with Crippen molar-refractivity contribution in [3.8, 4) is 0 Å². The molecule has 0 saturated heterocycles. The van der Waals surface area contributed by atoms with E-state index in [0.29, 0.717) is 6.54 Å². The summed E-state index contributed by atoms with van der Waals surface area (Å²) in [6.45, 7) is 0.529. The van der Waals surface area contributed by atoms with Crippen LogP contribution < -0.4 is 11.1 Å². The molecule has 98 valence electrons. The van der Waals surface area contributed by atoms with E-state index in [-0.39, 0.29) is 17.3 Å². The van der Waals surface area contributed by atoms with E-state index in [4.69, 9.17) is 5.73 Å². The molecule has 0 bridgehead atoms. The molecular weight excluding hydrogens is 246 g/mol. The van der Waals surface area contributed by atoms with Gasteiger partial charge in [-0.25, -0.2) is 4.98 Å². The number of aromatic nitrogens is 2. The van der Waals surface area contributed by atoms with E-state index >= 15 is 0 Å². The fraction of sp³-hybridized carbons (Fsp3) is 0.167. The average Bonchev–Trinajstić information content (AvgIpc) is 2.39. The molecule has 0 aliphatic heterocycles. The van der Waals surface area contributed by atoms with Gasteiger partial charge >= 0.3 is 5.69 Å². The number of nitrogens with zero attached hydrogens (tertiary/aromatic N) is 3. The minimum atomic E-state index is -0.485. The Balaban J connectivity index is 2.03. The smallest absolute Gasteiger partial charge is 0.311 e. The molecule has 19 heavy (non-hydrogen) atoms. The van der Waals surface area contributed by atoms with Gasteiger partial charge in [0.25, 0.3) is 0 Å². The zero-order valence-electron chi connectivity index (χ0n) is 10.1. The quantitative estimate of drug-likeness (QED) is 0.624. The minimum absolute atomic E-state index is 0.0797. The molecule has 0 amide bonds. The summed E-state index contributed by atoms with van der Waals surface area (Å²) in [6, 6.07) is 6.54. The van der Waals surface area contributed by atoms with Crippen LogP contribution >= 0.6 is 0 Å². The largest absolute Gasteiger partial charge is 0.384 e. The highest BCUT2D eigenvalue weighted by Gasteiger charge is 2.14. The van der Waals surface area contributed by atoms with Crippen LogP contribution in [0, 0.1) is 10.1 Å². The Bertz CT molecular complexity index is 574. The molecule has 2 rings (SSSR count). The second-order valence-electron chi connectivity index (χ2n) is 3.89. The number of hydrogen-bond acceptors (Lipinski definition) is 6. The first-order valence-electron chi connectivity index (χ1n) is 5.70. The predicted octanol–water partition coefficient (Wildman–Crippen LogP) is 1.62. The Kier molecular flexibility index (Phi) is 3.87. The maximum Gasteiger partial charge on any atom is 0.311 e. The van der Waals surface area contributed by atoms with Gasteiger partial charge in [0.1, 0.15) is 5.82 Å². The highest BCUT2D eigenvalue weighted by Crippen LogP contribution is 2.22. The van der Waals surface area contributed by atoms with Crippen molar-refractivity contribution in [2.24, 2.45) is 0 Å². The molecule has 2 aromatic heterocycles. The van der Waals surface area contributed by atoms with Crippen molar-refractivity contribution in [1.29, 1.82) is 0 Å². The van der Waals surface area contributed by atoms with E-state index in [1.165, 1.54) is 12.1 Å². The fourth-order valence-electron chi connectivity index (χ4n) is 1.62. The Morgan fingerprint density at radius 2 is 2.00 bits per heavy atom. The van der Waals surface area contributed by atoms with E-state index in [1.807, 2.05) is 12.1 Å². The maximum atomic E-state index is 10.8. The van der Waals surface area contributed by atoms with Gasteiger partial charge in [-0.05, 0) is 30.2 Å². The summed E-state index contributed by atoms with van der Waals surface area (Å²) >= 11 is 0. The van der Waals surface area contributed by atoms with Crippen LogP contribution in [0.1, 0.15) is 5.56 Å². The van der Waals surface area contributed by atoms with Crippen LogP contribution in [0.5, 0.6) is 0 Å². The van der Waals surface area contributed by atoms with Crippen molar-refractivity contribution < 1.29 is 4.92 Å². The van der Waals surface area contributed by atoms with Crippen LogP contribution in [0.15, 0.2) is 36.7 Å². The van der Waals surface area contributed by atoms with Crippen molar-refractivity contribution in [3.05, 3.63) is 52.3 Å². The van der Waals surface area contributed by atoms with Crippen LogP contribution in [-0.2, 0) is 6.42 Å². The molecule has 2 heterocycles. The second-order valence-corrected chi connectivity index (χ2v) is 3.89. The number of pyridine rings is 2. The molecule has 0 aromatic carbocycles. The molecule has 7 heteroatoms. The molecule has 3 N–H and O–H groups in total. The molecule has 2 aromatic rings. The van der Waals surface area contributed by atoms with Crippen LogP contribution in [0.3, 0.4) is 0 Å².